The number of allylic oxidation sites excluding steroid dienone is 2. The van der Waals surface area contributed by atoms with E-state index >= 15 is 0 Å². The molecule has 0 aromatic heterocycles. The fourth-order valence-corrected chi connectivity index (χ4v) is 0.262. The summed E-state index contributed by atoms with van der Waals surface area (Å²) in [5.41, 5.74) is 0.176. The Labute approximate surface area is 114 Å². The lowest BCUT2D eigenvalue weighted by Crippen LogP contribution is -2.13. The molecule has 0 fully saturated rings. The summed E-state index contributed by atoms with van der Waals surface area (Å²) in [5, 5.41) is 16.5. The van der Waals surface area contributed by atoms with Gasteiger partial charge in [0.15, 0.2) is 0 Å². The van der Waals surface area contributed by atoms with Crippen LogP contribution in [0.3, 0.4) is 0 Å². The molecule has 0 spiro atoms. The van der Waals surface area contributed by atoms with Crippen LogP contribution in [0, 0.1) is 0 Å². The normalized spacial score (nSPS) is 10.2. The maximum absolute atomic E-state index is 10.3. The second-order valence-electron chi connectivity index (χ2n) is 3.44. The number of aliphatic carboxylic acids is 1. The highest BCUT2D eigenvalue weighted by molar-refractivity contribution is 5.84. The Morgan fingerprint density at radius 1 is 1.32 bits per heavy atom. The van der Waals surface area contributed by atoms with Crippen LogP contribution in [0.25, 0.3) is 0 Å². The van der Waals surface area contributed by atoms with Crippen LogP contribution in [0.5, 0.6) is 0 Å². The first-order chi connectivity index (χ1) is 8.72. The van der Waals surface area contributed by atoms with E-state index in [-0.39, 0.29) is 12.2 Å². The zero-order chi connectivity index (χ0) is 15.8. The van der Waals surface area contributed by atoms with Gasteiger partial charge in [-0.2, -0.15) is 0 Å². The van der Waals surface area contributed by atoms with Gasteiger partial charge >= 0.3 is 11.9 Å². The molecule has 0 aromatic carbocycles. The van der Waals surface area contributed by atoms with Crippen molar-refractivity contribution >= 4 is 11.9 Å². The third-order valence-electron chi connectivity index (χ3n) is 1.33. The first kappa shape index (κ1) is 22.3. The van der Waals surface area contributed by atoms with Crippen molar-refractivity contribution in [2.45, 2.75) is 33.8 Å². The van der Waals surface area contributed by atoms with E-state index in [1.807, 2.05) is 26.0 Å². The molecule has 5 nitrogen and oxygen atoms in total. The maximum Gasteiger partial charge on any atom is 0.330 e. The molecule has 19 heavy (non-hydrogen) atoms. The zero-order valence-electron chi connectivity index (χ0n) is 12.0. The van der Waals surface area contributed by atoms with Crippen LogP contribution in [-0.2, 0) is 14.3 Å². The van der Waals surface area contributed by atoms with Gasteiger partial charge in [-0.15, -0.1) is 0 Å². The molecule has 0 rings (SSSR count). The van der Waals surface area contributed by atoms with Gasteiger partial charge in [-0.25, -0.2) is 9.59 Å². The van der Waals surface area contributed by atoms with Crippen LogP contribution in [0.2, 0.25) is 0 Å². The fourth-order valence-electron chi connectivity index (χ4n) is 0.262. The lowest BCUT2D eigenvalue weighted by Gasteiger charge is -2.02. The van der Waals surface area contributed by atoms with Crippen molar-refractivity contribution in [2.24, 2.45) is 0 Å². The van der Waals surface area contributed by atoms with Crippen molar-refractivity contribution in [3.8, 4) is 0 Å². The second-order valence-corrected chi connectivity index (χ2v) is 3.44. The SMILES string of the molecule is C=C(C)C(=O)O.C=CC(=O)OCC(C)O.CC=CC. The average molecular weight is 272 g/mol. The molecule has 0 saturated heterocycles. The summed E-state index contributed by atoms with van der Waals surface area (Å²) in [6.07, 6.45) is 4.46. The minimum Gasteiger partial charge on any atom is -0.478 e. The van der Waals surface area contributed by atoms with Gasteiger partial charge in [0.25, 0.3) is 0 Å². The van der Waals surface area contributed by atoms with Crippen LogP contribution in [0.1, 0.15) is 27.7 Å². The highest BCUT2D eigenvalue weighted by Crippen LogP contribution is 1.83. The quantitative estimate of drug-likeness (QED) is 0.466. The number of carboxylic acids is 1. The Morgan fingerprint density at radius 3 is 1.84 bits per heavy atom. The third-order valence-corrected chi connectivity index (χ3v) is 1.33. The largest absolute Gasteiger partial charge is 0.478 e. The first-order valence-electron chi connectivity index (χ1n) is 5.66. The van der Waals surface area contributed by atoms with E-state index in [1.54, 1.807) is 0 Å². The first-order valence-corrected chi connectivity index (χ1v) is 5.66. The van der Waals surface area contributed by atoms with Gasteiger partial charge < -0.3 is 14.9 Å². The van der Waals surface area contributed by atoms with Crippen LogP contribution in [0.4, 0.5) is 0 Å². The molecule has 1 atom stereocenters. The Kier molecular flexibility index (Phi) is 18.9. The number of hydrogen-bond acceptors (Lipinski definition) is 4. The van der Waals surface area contributed by atoms with E-state index in [9.17, 15) is 9.59 Å². The van der Waals surface area contributed by atoms with Crippen LogP contribution < -0.4 is 0 Å². The number of hydrogen-bond donors (Lipinski definition) is 2. The predicted octanol–water partition coefficient (Wildman–Crippen LogP) is 2.33. The summed E-state index contributed by atoms with van der Waals surface area (Å²) >= 11 is 0. The number of ether oxygens (including phenoxy) is 1. The molecule has 1 unspecified atom stereocenters. The van der Waals surface area contributed by atoms with E-state index < -0.39 is 18.0 Å². The molecule has 0 aliphatic heterocycles. The molecule has 0 bridgehead atoms. The second kappa shape index (κ2) is 16.1. The number of aliphatic hydroxyl groups is 1. The van der Waals surface area contributed by atoms with Gasteiger partial charge in [-0.05, 0) is 27.7 Å². The van der Waals surface area contributed by atoms with Gasteiger partial charge in [-0.1, -0.05) is 25.3 Å². The average Bonchev–Trinajstić information content (AvgIpc) is 2.36. The van der Waals surface area contributed by atoms with Crippen molar-refractivity contribution in [1.82, 2.24) is 0 Å². The summed E-state index contributed by atoms with van der Waals surface area (Å²) in [4.78, 5) is 19.9. The van der Waals surface area contributed by atoms with Crippen LogP contribution >= 0.6 is 0 Å². The minimum absolute atomic E-state index is 0.0326. The van der Waals surface area contributed by atoms with E-state index in [1.165, 1.54) is 13.8 Å². The molecular formula is C14H24O5. The molecule has 0 radical (unpaired) electrons. The predicted molar refractivity (Wildman–Crippen MR) is 75.8 cm³/mol. The molecule has 110 valence electrons. The number of aliphatic hydroxyl groups excluding tert-OH is 1. The van der Waals surface area contributed by atoms with Crippen molar-refractivity contribution in [3.63, 3.8) is 0 Å². The standard InChI is InChI=1S/C6H10O3.C4H6O2.C4H8/c1-3-6(8)9-4-5(2)7;1-3(2)4(5)6;1-3-4-2/h3,5,7H,1,4H2,2H3;1H2,2H3,(H,5,6);3-4H,1-2H3. The monoisotopic (exact) mass is 272 g/mol. The van der Waals surface area contributed by atoms with Crippen LogP contribution in [-0.4, -0.2) is 34.9 Å². The molecule has 0 aromatic rings. The Hall–Kier alpha value is -1.88. The number of esters is 1. The highest BCUT2D eigenvalue weighted by atomic mass is 16.5. The number of carbonyl (C=O) groups is 2. The van der Waals surface area contributed by atoms with E-state index in [0.717, 1.165) is 6.08 Å². The smallest absolute Gasteiger partial charge is 0.330 e. The molecule has 2 N–H and O–H groups in total. The topological polar surface area (TPSA) is 83.8 Å². The van der Waals surface area contributed by atoms with Crippen molar-refractivity contribution in [2.75, 3.05) is 6.61 Å². The van der Waals surface area contributed by atoms with Crippen LogP contribution in [0.15, 0.2) is 37.0 Å². The fraction of sp³-hybridized carbons (Fsp3) is 0.429. The molecule has 0 aliphatic carbocycles. The molecule has 0 saturated carbocycles. The summed E-state index contributed by atoms with van der Waals surface area (Å²) in [6, 6.07) is 0. The Morgan fingerprint density at radius 2 is 1.68 bits per heavy atom. The lowest BCUT2D eigenvalue weighted by atomic mass is 10.4. The minimum atomic E-state index is -0.935. The Bertz CT molecular complexity index is 287. The molecule has 5 heteroatoms. The van der Waals surface area contributed by atoms with Gasteiger partial charge in [0.1, 0.15) is 6.61 Å². The number of rotatable bonds is 4. The summed E-state index contributed by atoms with van der Waals surface area (Å²) in [5.74, 6) is -1.44. The summed E-state index contributed by atoms with van der Waals surface area (Å²) < 4.78 is 4.45. The summed E-state index contributed by atoms with van der Waals surface area (Å²) in [6.45, 7) is 13.4. The van der Waals surface area contributed by atoms with E-state index in [4.69, 9.17) is 10.2 Å². The number of carboxylic acid groups (broad SMARTS) is 1. The number of carbonyl (C=O) groups excluding carboxylic acids is 1. The van der Waals surface area contributed by atoms with Crippen molar-refractivity contribution < 1.29 is 24.5 Å². The Balaban J connectivity index is -0.000000222. The van der Waals surface area contributed by atoms with Gasteiger partial charge in [0.2, 0.25) is 0 Å². The van der Waals surface area contributed by atoms with Gasteiger partial charge in [0, 0.05) is 11.6 Å². The zero-order valence-corrected chi connectivity index (χ0v) is 12.0. The summed E-state index contributed by atoms with van der Waals surface area (Å²) in [7, 11) is 0. The van der Waals surface area contributed by atoms with E-state index in [2.05, 4.69) is 17.9 Å². The molecular weight excluding hydrogens is 248 g/mol. The third kappa shape index (κ3) is 31.4. The van der Waals surface area contributed by atoms with Gasteiger partial charge in [0.05, 0.1) is 6.10 Å². The molecule has 0 heterocycles. The maximum atomic E-state index is 10.3. The van der Waals surface area contributed by atoms with Crippen molar-refractivity contribution in [3.05, 3.63) is 37.0 Å². The van der Waals surface area contributed by atoms with Crippen molar-refractivity contribution in [1.29, 1.82) is 0 Å². The molecule has 0 amide bonds. The molecule has 0 aliphatic rings. The lowest BCUT2D eigenvalue weighted by molar-refractivity contribution is -0.140. The highest BCUT2D eigenvalue weighted by Gasteiger charge is 1.98. The van der Waals surface area contributed by atoms with Gasteiger partial charge in [-0.3, -0.25) is 0 Å². The van der Waals surface area contributed by atoms with E-state index in [0.29, 0.717) is 0 Å².